The SMILES string of the molecule is CC(C)CN1C(=O)C2(CCN(C(=O)COc3ccccc3)CC2)C[C@@H]1Cc1ccc(F)cc1. The third-order valence-corrected chi connectivity index (χ3v) is 6.91. The zero-order valence-electron chi connectivity index (χ0n) is 19.5. The number of hydrogen-bond donors (Lipinski definition) is 0. The summed E-state index contributed by atoms with van der Waals surface area (Å²) in [6, 6.07) is 16.0. The molecule has 0 radical (unpaired) electrons. The number of para-hydroxylation sites is 1. The summed E-state index contributed by atoms with van der Waals surface area (Å²) in [5, 5.41) is 0. The number of benzene rings is 2. The molecule has 176 valence electrons. The lowest BCUT2D eigenvalue weighted by Crippen LogP contribution is -2.48. The van der Waals surface area contributed by atoms with Crippen molar-refractivity contribution in [1.29, 1.82) is 0 Å². The van der Waals surface area contributed by atoms with Gasteiger partial charge in [0.1, 0.15) is 11.6 Å². The highest BCUT2D eigenvalue weighted by molar-refractivity contribution is 5.86. The first-order chi connectivity index (χ1) is 15.9. The van der Waals surface area contributed by atoms with E-state index >= 15 is 0 Å². The second kappa shape index (κ2) is 9.94. The van der Waals surface area contributed by atoms with Gasteiger partial charge in [-0.25, -0.2) is 4.39 Å². The van der Waals surface area contributed by atoms with Crippen molar-refractivity contribution in [2.45, 2.75) is 45.6 Å². The first-order valence-electron chi connectivity index (χ1n) is 11.9. The van der Waals surface area contributed by atoms with Crippen LogP contribution in [0.4, 0.5) is 4.39 Å². The van der Waals surface area contributed by atoms with Crippen LogP contribution in [0.3, 0.4) is 0 Å². The number of likely N-dealkylation sites (tertiary alicyclic amines) is 2. The molecule has 1 spiro atoms. The van der Waals surface area contributed by atoms with Gasteiger partial charge >= 0.3 is 0 Å². The van der Waals surface area contributed by atoms with E-state index in [9.17, 15) is 14.0 Å². The second-order valence-corrected chi connectivity index (χ2v) is 9.80. The summed E-state index contributed by atoms with van der Waals surface area (Å²) in [6.45, 7) is 6.13. The highest BCUT2D eigenvalue weighted by Gasteiger charge is 2.52. The largest absolute Gasteiger partial charge is 0.484 e. The monoisotopic (exact) mass is 452 g/mol. The number of nitrogens with zero attached hydrogens (tertiary/aromatic N) is 2. The average Bonchev–Trinajstić information content (AvgIpc) is 3.05. The van der Waals surface area contributed by atoms with Gasteiger partial charge in [0, 0.05) is 25.7 Å². The lowest BCUT2D eigenvalue weighted by molar-refractivity contribution is -0.144. The molecule has 5 nitrogen and oxygen atoms in total. The van der Waals surface area contributed by atoms with Crippen molar-refractivity contribution in [2.24, 2.45) is 11.3 Å². The zero-order valence-corrected chi connectivity index (χ0v) is 19.5. The smallest absolute Gasteiger partial charge is 0.260 e. The first kappa shape index (κ1) is 23.3. The van der Waals surface area contributed by atoms with Gasteiger partial charge in [-0.1, -0.05) is 44.2 Å². The van der Waals surface area contributed by atoms with E-state index in [4.69, 9.17) is 4.74 Å². The lowest BCUT2D eigenvalue weighted by Gasteiger charge is -2.38. The maximum absolute atomic E-state index is 13.6. The molecule has 0 aromatic heterocycles. The van der Waals surface area contributed by atoms with Crippen LogP contribution in [-0.2, 0) is 16.0 Å². The van der Waals surface area contributed by atoms with Crippen LogP contribution in [0.25, 0.3) is 0 Å². The van der Waals surface area contributed by atoms with Crippen LogP contribution in [0.1, 0.15) is 38.7 Å². The normalized spacial score (nSPS) is 20.0. The van der Waals surface area contributed by atoms with Crippen molar-refractivity contribution < 1.29 is 18.7 Å². The van der Waals surface area contributed by atoms with E-state index in [1.165, 1.54) is 12.1 Å². The second-order valence-electron chi connectivity index (χ2n) is 9.80. The molecule has 0 saturated carbocycles. The molecule has 2 heterocycles. The van der Waals surface area contributed by atoms with E-state index in [0.29, 0.717) is 37.6 Å². The number of carbonyl (C=O) groups excluding carboxylic acids is 2. The van der Waals surface area contributed by atoms with E-state index < -0.39 is 5.41 Å². The molecule has 2 aliphatic heterocycles. The topological polar surface area (TPSA) is 49.9 Å². The summed E-state index contributed by atoms with van der Waals surface area (Å²) in [7, 11) is 0. The summed E-state index contributed by atoms with van der Waals surface area (Å²) < 4.78 is 19.0. The van der Waals surface area contributed by atoms with Gasteiger partial charge in [-0.3, -0.25) is 9.59 Å². The molecule has 2 fully saturated rings. The van der Waals surface area contributed by atoms with Crippen LogP contribution >= 0.6 is 0 Å². The summed E-state index contributed by atoms with van der Waals surface area (Å²) in [5.41, 5.74) is 0.641. The first-order valence-corrected chi connectivity index (χ1v) is 11.9. The van der Waals surface area contributed by atoms with Crippen molar-refractivity contribution in [3.63, 3.8) is 0 Å². The summed E-state index contributed by atoms with van der Waals surface area (Å²) in [5.74, 6) is 0.983. The third-order valence-electron chi connectivity index (χ3n) is 6.91. The number of amides is 2. The Hall–Kier alpha value is -2.89. The van der Waals surface area contributed by atoms with Crippen LogP contribution < -0.4 is 4.74 Å². The number of halogens is 1. The standard InChI is InChI=1S/C27H33FN2O3/c1-20(2)18-30-23(16-21-8-10-22(28)11-9-21)17-27(26(30)32)12-14-29(15-13-27)25(31)19-33-24-6-4-3-5-7-24/h3-11,20,23H,12-19H2,1-2H3/t23-/m0/s1. The minimum Gasteiger partial charge on any atom is -0.484 e. The van der Waals surface area contributed by atoms with E-state index in [0.717, 1.165) is 24.9 Å². The molecule has 6 heteroatoms. The van der Waals surface area contributed by atoms with Crippen molar-refractivity contribution in [2.75, 3.05) is 26.2 Å². The minimum absolute atomic E-state index is 0.0115. The molecular weight excluding hydrogens is 419 g/mol. The van der Waals surface area contributed by atoms with E-state index in [1.54, 1.807) is 0 Å². The van der Waals surface area contributed by atoms with Gasteiger partial charge < -0.3 is 14.5 Å². The molecule has 2 aromatic carbocycles. The maximum Gasteiger partial charge on any atom is 0.260 e. The number of rotatable bonds is 7. The third kappa shape index (κ3) is 5.37. The number of hydrogen-bond acceptors (Lipinski definition) is 3. The molecule has 2 saturated heterocycles. The van der Waals surface area contributed by atoms with Crippen molar-refractivity contribution in [1.82, 2.24) is 9.80 Å². The van der Waals surface area contributed by atoms with E-state index in [2.05, 4.69) is 13.8 Å². The van der Waals surface area contributed by atoms with Crippen LogP contribution in [-0.4, -0.2) is 53.9 Å². The Morgan fingerprint density at radius 2 is 1.76 bits per heavy atom. The Bertz CT molecular complexity index is 953. The highest BCUT2D eigenvalue weighted by Crippen LogP contribution is 2.45. The van der Waals surface area contributed by atoms with Crippen LogP contribution in [0.5, 0.6) is 5.75 Å². The molecule has 1 atom stereocenters. The molecule has 0 N–H and O–H groups in total. The molecule has 2 aromatic rings. The number of piperidine rings is 1. The Labute approximate surface area is 195 Å². The van der Waals surface area contributed by atoms with Crippen LogP contribution in [0.15, 0.2) is 54.6 Å². The molecule has 0 bridgehead atoms. The number of carbonyl (C=O) groups is 2. The van der Waals surface area contributed by atoms with E-state index in [1.807, 2.05) is 52.3 Å². The lowest BCUT2D eigenvalue weighted by atomic mass is 9.75. The number of ether oxygens (including phenoxy) is 1. The summed E-state index contributed by atoms with van der Waals surface area (Å²) in [4.78, 5) is 30.1. The highest BCUT2D eigenvalue weighted by atomic mass is 19.1. The Morgan fingerprint density at radius 3 is 2.39 bits per heavy atom. The van der Waals surface area contributed by atoms with Gasteiger partial charge in [0.05, 0.1) is 5.41 Å². The summed E-state index contributed by atoms with van der Waals surface area (Å²) in [6.07, 6.45) is 2.88. The Balaban J connectivity index is 1.39. The zero-order chi connectivity index (χ0) is 23.4. The molecule has 2 amide bonds. The minimum atomic E-state index is -0.406. The molecule has 0 unspecified atom stereocenters. The summed E-state index contributed by atoms with van der Waals surface area (Å²) >= 11 is 0. The maximum atomic E-state index is 13.6. The van der Waals surface area contributed by atoms with E-state index in [-0.39, 0.29) is 30.3 Å². The molecular formula is C27H33FN2O3. The average molecular weight is 453 g/mol. The van der Waals surface area contributed by atoms with Crippen molar-refractivity contribution in [3.8, 4) is 5.75 Å². The fraction of sp³-hybridized carbons (Fsp3) is 0.481. The van der Waals surface area contributed by atoms with Crippen molar-refractivity contribution in [3.05, 3.63) is 66.0 Å². The van der Waals surface area contributed by atoms with Crippen molar-refractivity contribution >= 4 is 11.8 Å². The molecule has 0 aliphatic carbocycles. The Morgan fingerprint density at radius 1 is 1.09 bits per heavy atom. The fourth-order valence-corrected chi connectivity index (χ4v) is 5.17. The van der Waals surface area contributed by atoms with Crippen LogP contribution in [0, 0.1) is 17.2 Å². The Kier molecular flexibility index (Phi) is 7.01. The molecule has 33 heavy (non-hydrogen) atoms. The quantitative estimate of drug-likeness (QED) is 0.629. The van der Waals surface area contributed by atoms with Gasteiger partial charge in [-0.15, -0.1) is 0 Å². The van der Waals surface area contributed by atoms with Gasteiger partial charge in [0.25, 0.3) is 5.91 Å². The van der Waals surface area contributed by atoms with Gasteiger partial charge in [-0.05, 0) is 61.4 Å². The van der Waals surface area contributed by atoms with Gasteiger partial charge in [-0.2, -0.15) is 0 Å². The molecule has 4 rings (SSSR count). The van der Waals surface area contributed by atoms with Gasteiger partial charge in [0.2, 0.25) is 5.91 Å². The fourth-order valence-electron chi connectivity index (χ4n) is 5.17. The van der Waals surface area contributed by atoms with Crippen LogP contribution in [0.2, 0.25) is 0 Å². The molecule has 2 aliphatic rings. The predicted octanol–water partition coefficient (Wildman–Crippen LogP) is 4.31. The predicted molar refractivity (Wildman–Crippen MR) is 125 cm³/mol. The van der Waals surface area contributed by atoms with Gasteiger partial charge in [0.15, 0.2) is 6.61 Å².